The first kappa shape index (κ1) is 18.1. The SMILES string of the molecule is O=C1NC(=O)/C(=[C]2\c3ccc[c]4c3C=[C](Cc3cccc(C(F)(F)F)c3)[In]24)S1. The summed E-state index contributed by atoms with van der Waals surface area (Å²) in [7, 11) is 0. The Bertz CT molecular complexity index is 1140. The van der Waals surface area contributed by atoms with Crippen molar-refractivity contribution in [2.75, 3.05) is 0 Å². The van der Waals surface area contributed by atoms with Gasteiger partial charge in [0.25, 0.3) is 0 Å². The Kier molecular flexibility index (Phi) is 4.07. The summed E-state index contributed by atoms with van der Waals surface area (Å²) in [5.41, 5.74) is 2.06. The minimum absolute atomic E-state index is 0.361. The molecule has 3 aliphatic rings. The second-order valence-corrected chi connectivity index (χ2v) is 15.9. The number of carbonyl (C=O) groups is 2. The summed E-state index contributed by atoms with van der Waals surface area (Å²) >= 11 is -1.87. The van der Waals surface area contributed by atoms with E-state index in [-0.39, 0.29) is 11.1 Å². The summed E-state index contributed by atoms with van der Waals surface area (Å²) in [5.74, 6) is -0.361. The number of nitrogens with one attached hydrogen (secondary N) is 1. The summed E-state index contributed by atoms with van der Waals surface area (Å²) in [6, 6.07) is 11.4. The summed E-state index contributed by atoms with van der Waals surface area (Å²) < 4.78 is 42.5. The molecule has 5 rings (SSSR count). The Morgan fingerprint density at radius 2 is 1.86 bits per heavy atom. The predicted octanol–water partition coefficient (Wildman–Crippen LogP) is 3.83. The molecule has 1 saturated heterocycles. The van der Waals surface area contributed by atoms with Gasteiger partial charge >= 0.3 is 171 Å². The summed E-state index contributed by atoms with van der Waals surface area (Å²) in [5, 5.41) is 1.95. The van der Waals surface area contributed by atoms with E-state index in [9.17, 15) is 22.8 Å². The first-order valence-corrected chi connectivity index (χ1v) is 14.4. The van der Waals surface area contributed by atoms with Crippen LogP contribution >= 0.6 is 11.8 Å². The van der Waals surface area contributed by atoms with Crippen LogP contribution in [0.25, 0.3) is 9.41 Å². The number of allylic oxidation sites excluding steroid dienone is 1. The molecule has 0 unspecified atom stereocenters. The van der Waals surface area contributed by atoms with Gasteiger partial charge in [-0.1, -0.05) is 0 Å². The Morgan fingerprint density at radius 1 is 1.07 bits per heavy atom. The minimum atomic E-state index is -4.37. The molecule has 3 heterocycles. The second-order valence-electron chi connectivity index (χ2n) is 6.92. The average molecular weight is 501 g/mol. The number of carbonyl (C=O) groups excluding carboxylic acids is 2. The van der Waals surface area contributed by atoms with Gasteiger partial charge in [0, 0.05) is 0 Å². The molecule has 0 aliphatic carbocycles. The maximum absolute atomic E-state index is 13.0. The molecule has 0 atom stereocenters. The van der Waals surface area contributed by atoms with E-state index < -0.39 is 33.2 Å². The van der Waals surface area contributed by atoms with E-state index in [1.54, 1.807) is 6.07 Å². The molecule has 2 amide bonds. The van der Waals surface area contributed by atoms with Crippen LogP contribution in [0.2, 0.25) is 0 Å². The summed E-state index contributed by atoms with van der Waals surface area (Å²) in [6.07, 6.45) is -1.84. The van der Waals surface area contributed by atoms with Crippen molar-refractivity contribution in [3.05, 3.63) is 73.0 Å². The van der Waals surface area contributed by atoms with Gasteiger partial charge in [0.2, 0.25) is 0 Å². The average Bonchev–Trinajstić information content (AvgIpc) is 3.20. The van der Waals surface area contributed by atoms with Crippen LogP contribution in [0.3, 0.4) is 0 Å². The van der Waals surface area contributed by atoms with E-state index in [1.165, 1.54) is 15.5 Å². The zero-order chi connectivity index (χ0) is 19.6. The fourth-order valence-corrected chi connectivity index (χ4v) is 16.6. The van der Waals surface area contributed by atoms with Gasteiger partial charge in [-0.05, 0) is 0 Å². The van der Waals surface area contributed by atoms with Crippen molar-refractivity contribution >= 4 is 57.1 Å². The monoisotopic (exact) mass is 501 g/mol. The molecular formula is C20H11F3InNO2S. The third-order valence-electron chi connectivity index (χ3n) is 5.25. The van der Waals surface area contributed by atoms with E-state index in [4.69, 9.17) is 0 Å². The third-order valence-corrected chi connectivity index (χ3v) is 16.5. The third kappa shape index (κ3) is 2.76. The van der Waals surface area contributed by atoms with Crippen LogP contribution in [-0.2, 0) is 17.4 Å². The Morgan fingerprint density at radius 3 is 2.54 bits per heavy atom. The Hall–Kier alpha value is -1.93. The van der Waals surface area contributed by atoms with Crippen LogP contribution in [0, 0.1) is 0 Å². The van der Waals surface area contributed by atoms with Gasteiger partial charge in [0.05, 0.1) is 0 Å². The van der Waals surface area contributed by atoms with Crippen LogP contribution < -0.4 is 8.64 Å². The van der Waals surface area contributed by atoms with Crippen LogP contribution in [0.5, 0.6) is 0 Å². The molecule has 0 radical (unpaired) electrons. The Labute approximate surface area is 170 Å². The first-order valence-electron chi connectivity index (χ1n) is 8.60. The summed E-state index contributed by atoms with van der Waals surface area (Å²) in [4.78, 5) is 24.4. The van der Waals surface area contributed by atoms with Gasteiger partial charge in [0.1, 0.15) is 0 Å². The van der Waals surface area contributed by atoms with Crippen molar-refractivity contribution in [1.29, 1.82) is 0 Å². The molecule has 0 spiro atoms. The molecule has 3 aliphatic heterocycles. The van der Waals surface area contributed by atoms with Gasteiger partial charge in [-0.25, -0.2) is 0 Å². The molecule has 2 aromatic rings. The first-order chi connectivity index (χ1) is 13.3. The number of hydrogen-bond donors (Lipinski definition) is 1. The number of halogens is 3. The molecule has 0 saturated carbocycles. The zero-order valence-corrected chi connectivity index (χ0v) is 18.4. The number of benzene rings is 2. The number of thioether (sulfide) groups is 1. The quantitative estimate of drug-likeness (QED) is 0.637. The standard InChI is InChI=1S/C20H11F3NO2S.In/c21-20(22,23)16-10-4-6-13(11-16)5-3-9-14-7-1-2-8-15(14)12-17-18(25)24-19(26)27-17;/h1-2,4,6,8-11H,5H2,(H,24,25,26);. The van der Waals surface area contributed by atoms with E-state index in [0.29, 0.717) is 16.9 Å². The fraction of sp³-hybridized carbons (Fsp3) is 0.100. The van der Waals surface area contributed by atoms with Crippen molar-refractivity contribution < 1.29 is 22.8 Å². The topological polar surface area (TPSA) is 46.2 Å². The molecule has 1 fully saturated rings. The van der Waals surface area contributed by atoms with Crippen LogP contribution in [0.4, 0.5) is 18.0 Å². The van der Waals surface area contributed by atoms with Crippen LogP contribution in [0.1, 0.15) is 22.3 Å². The molecule has 4 bridgehead atoms. The normalized spacial score (nSPS) is 20.1. The van der Waals surface area contributed by atoms with Crippen LogP contribution in [0.15, 0.2) is 50.7 Å². The van der Waals surface area contributed by atoms with Crippen molar-refractivity contribution in [3.8, 4) is 0 Å². The molecule has 138 valence electrons. The van der Waals surface area contributed by atoms with Gasteiger partial charge in [-0.3, -0.25) is 0 Å². The molecule has 1 N–H and O–H groups in total. The van der Waals surface area contributed by atoms with Crippen molar-refractivity contribution in [2.45, 2.75) is 12.6 Å². The number of imide groups is 1. The van der Waals surface area contributed by atoms with Gasteiger partial charge in [-0.2, -0.15) is 0 Å². The van der Waals surface area contributed by atoms with Crippen molar-refractivity contribution in [1.82, 2.24) is 5.32 Å². The van der Waals surface area contributed by atoms with Crippen LogP contribution in [-0.4, -0.2) is 32.6 Å². The van der Waals surface area contributed by atoms with E-state index >= 15 is 0 Å². The van der Waals surface area contributed by atoms with E-state index in [1.807, 2.05) is 12.1 Å². The molecule has 3 nitrogen and oxygen atoms in total. The summed E-state index contributed by atoms with van der Waals surface area (Å²) in [6.45, 7) is 0. The number of rotatable bonds is 2. The predicted molar refractivity (Wildman–Crippen MR) is 103 cm³/mol. The fourth-order valence-electron chi connectivity index (χ4n) is 4.19. The van der Waals surface area contributed by atoms with E-state index in [0.717, 1.165) is 35.6 Å². The molecule has 0 aromatic heterocycles. The van der Waals surface area contributed by atoms with Crippen molar-refractivity contribution in [2.24, 2.45) is 0 Å². The van der Waals surface area contributed by atoms with Gasteiger partial charge in [0.15, 0.2) is 0 Å². The van der Waals surface area contributed by atoms with Crippen molar-refractivity contribution in [3.63, 3.8) is 0 Å². The molecule has 2 aromatic carbocycles. The number of amides is 2. The van der Waals surface area contributed by atoms with Gasteiger partial charge < -0.3 is 0 Å². The van der Waals surface area contributed by atoms with Gasteiger partial charge in [-0.15, -0.1) is 0 Å². The zero-order valence-electron chi connectivity index (χ0n) is 14.3. The molecule has 8 heteroatoms. The van der Waals surface area contributed by atoms with E-state index in [2.05, 4.69) is 17.5 Å². The molecular weight excluding hydrogens is 490 g/mol. The Balaban J connectivity index is 1.56. The molecule has 28 heavy (non-hydrogen) atoms. The number of alkyl halides is 3. The number of hydrogen-bond acceptors (Lipinski definition) is 3. The maximum atomic E-state index is 13.0. The second kappa shape index (κ2) is 6.29.